The van der Waals surface area contributed by atoms with Crippen molar-refractivity contribution in [3.05, 3.63) is 51.1 Å². The SMILES string of the molecule is CCc1c(C)nn2c(N)c(C#N)c(NCCc3cccn(CCCOC(N)=O)c3=O)nc12. The van der Waals surface area contributed by atoms with E-state index in [-0.39, 0.29) is 23.5 Å². The highest BCUT2D eigenvalue weighted by Crippen LogP contribution is 2.24. The molecule has 0 atom stereocenters. The number of nitrogens with zero attached hydrogens (tertiary/aromatic N) is 5. The van der Waals surface area contributed by atoms with Crippen LogP contribution in [0.3, 0.4) is 0 Å². The van der Waals surface area contributed by atoms with E-state index in [9.17, 15) is 14.9 Å². The van der Waals surface area contributed by atoms with Gasteiger partial charge in [0.2, 0.25) is 0 Å². The molecule has 0 saturated heterocycles. The number of anilines is 2. The molecule has 3 aromatic rings. The van der Waals surface area contributed by atoms with Crippen molar-refractivity contribution in [2.75, 3.05) is 24.2 Å². The van der Waals surface area contributed by atoms with Gasteiger partial charge in [0.05, 0.1) is 12.3 Å². The average Bonchev–Trinajstić information content (AvgIpc) is 3.08. The Morgan fingerprint density at radius 3 is 2.88 bits per heavy atom. The van der Waals surface area contributed by atoms with Gasteiger partial charge in [-0.2, -0.15) is 14.9 Å². The zero-order chi connectivity index (χ0) is 23.3. The van der Waals surface area contributed by atoms with Crippen LogP contribution in [0.25, 0.3) is 5.65 Å². The van der Waals surface area contributed by atoms with Crippen LogP contribution >= 0.6 is 0 Å². The van der Waals surface area contributed by atoms with Crippen LogP contribution in [-0.4, -0.2) is 38.4 Å². The van der Waals surface area contributed by atoms with E-state index in [2.05, 4.69) is 21.5 Å². The standard InChI is InChI=1S/C21H26N8O3/c1-3-15-13(2)27-29-17(23)16(12-22)18(26-19(15)29)25-8-7-14-6-4-9-28(20(14)30)10-5-11-32-21(24)31/h4,6,9H,3,5,7-8,10-11,23H2,1-2H3,(H2,24,31)(H,25,26). The van der Waals surface area contributed by atoms with Crippen molar-refractivity contribution in [1.82, 2.24) is 19.2 Å². The van der Waals surface area contributed by atoms with Gasteiger partial charge in [-0.25, -0.2) is 9.78 Å². The molecule has 3 aromatic heterocycles. The van der Waals surface area contributed by atoms with Crippen LogP contribution in [0.5, 0.6) is 0 Å². The molecule has 0 saturated carbocycles. The van der Waals surface area contributed by atoms with Gasteiger partial charge in [0.25, 0.3) is 5.56 Å². The first-order chi connectivity index (χ1) is 15.4. The second-order valence-electron chi connectivity index (χ2n) is 7.22. The first-order valence-electron chi connectivity index (χ1n) is 10.3. The summed E-state index contributed by atoms with van der Waals surface area (Å²) in [7, 11) is 0. The Kier molecular flexibility index (Phi) is 6.94. The Morgan fingerprint density at radius 1 is 1.41 bits per heavy atom. The summed E-state index contributed by atoms with van der Waals surface area (Å²) in [6.07, 6.45) is 2.49. The molecular formula is C21H26N8O3. The van der Waals surface area contributed by atoms with Crippen LogP contribution in [0.2, 0.25) is 0 Å². The molecular weight excluding hydrogens is 412 g/mol. The molecule has 0 fully saturated rings. The number of hydrogen-bond acceptors (Lipinski definition) is 8. The normalized spacial score (nSPS) is 10.8. The maximum absolute atomic E-state index is 12.7. The summed E-state index contributed by atoms with van der Waals surface area (Å²) in [5, 5.41) is 17.1. The third-order valence-corrected chi connectivity index (χ3v) is 5.13. The predicted molar refractivity (Wildman–Crippen MR) is 119 cm³/mol. The lowest BCUT2D eigenvalue weighted by Gasteiger charge is -2.11. The maximum Gasteiger partial charge on any atom is 0.404 e. The van der Waals surface area contributed by atoms with Gasteiger partial charge in [0, 0.05) is 30.4 Å². The second kappa shape index (κ2) is 9.82. The van der Waals surface area contributed by atoms with Gasteiger partial charge in [0.15, 0.2) is 5.65 Å². The third-order valence-electron chi connectivity index (χ3n) is 5.13. The number of nitrogen functional groups attached to an aromatic ring is 1. The minimum absolute atomic E-state index is 0.128. The Morgan fingerprint density at radius 2 is 2.19 bits per heavy atom. The highest BCUT2D eigenvalue weighted by atomic mass is 16.5. The van der Waals surface area contributed by atoms with E-state index in [1.165, 1.54) is 4.52 Å². The maximum atomic E-state index is 12.7. The van der Waals surface area contributed by atoms with E-state index in [1.54, 1.807) is 22.9 Å². The molecule has 0 bridgehead atoms. The van der Waals surface area contributed by atoms with Crippen molar-refractivity contribution in [3.8, 4) is 6.07 Å². The topological polar surface area (TPSA) is 166 Å². The van der Waals surface area contributed by atoms with Gasteiger partial charge in [-0.05, 0) is 32.3 Å². The van der Waals surface area contributed by atoms with E-state index in [0.717, 1.165) is 17.7 Å². The van der Waals surface area contributed by atoms with E-state index in [4.69, 9.17) is 16.2 Å². The zero-order valence-corrected chi connectivity index (χ0v) is 18.1. The summed E-state index contributed by atoms with van der Waals surface area (Å²) in [5.41, 5.74) is 14.2. The number of nitrogens with one attached hydrogen (secondary N) is 1. The Labute approximate surface area is 184 Å². The number of aryl methyl sites for hydroxylation is 3. The molecule has 11 nitrogen and oxygen atoms in total. The summed E-state index contributed by atoms with van der Waals surface area (Å²) in [5.74, 6) is 0.593. The van der Waals surface area contributed by atoms with Crippen LogP contribution in [0, 0.1) is 18.3 Å². The largest absolute Gasteiger partial charge is 0.450 e. The van der Waals surface area contributed by atoms with Crippen molar-refractivity contribution < 1.29 is 9.53 Å². The summed E-state index contributed by atoms with van der Waals surface area (Å²) in [6.45, 7) is 4.82. The first-order valence-corrected chi connectivity index (χ1v) is 10.3. The summed E-state index contributed by atoms with van der Waals surface area (Å²) >= 11 is 0. The summed E-state index contributed by atoms with van der Waals surface area (Å²) in [4.78, 5) is 27.9. The highest BCUT2D eigenvalue weighted by Gasteiger charge is 2.18. The molecule has 1 amide bonds. The van der Waals surface area contributed by atoms with E-state index in [0.29, 0.717) is 43.0 Å². The molecule has 32 heavy (non-hydrogen) atoms. The van der Waals surface area contributed by atoms with E-state index in [1.807, 2.05) is 13.8 Å². The number of hydrogen-bond donors (Lipinski definition) is 3. The van der Waals surface area contributed by atoms with Gasteiger partial charge in [-0.15, -0.1) is 0 Å². The number of nitriles is 1. The minimum atomic E-state index is -0.835. The number of rotatable bonds is 9. The van der Waals surface area contributed by atoms with Crippen LogP contribution in [0.15, 0.2) is 23.1 Å². The molecule has 0 radical (unpaired) electrons. The fraction of sp³-hybridized carbons (Fsp3) is 0.381. The number of ether oxygens (including phenoxy) is 1. The molecule has 0 aromatic carbocycles. The van der Waals surface area contributed by atoms with Crippen LogP contribution in [-0.2, 0) is 24.1 Å². The van der Waals surface area contributed by atoms with Crippen molar-refractivity contribution in [2.45, 2.75) is 39.7 Å². The first kappa shape index (κ1) is 22.6. The molecule has 3 heterocycles. The second-order valence-corrected chi connectivity index (χ2v) is 7.22. The lowest BCUT2D eigenvalue weighted by Crippen LogP contribution is -2.25. The number of carbonyl (C=O) groups is 1. The molecule has 0 unspecified atom stereocenters. The van der Waals surface area contributed by atoms with Crippen LogP contribution < -0.4 is 22.3 Å². The van der Waals surface area contributed by atoms with Gasteiger partial charge in [0.1, 0.15) is 23.3 Å². The fourth-order valence-electron chi connectivity index (χ4n) is 3.55. The predicted octanol–water partition coefficient (Wildman–Crippen LogP) is 1.36. The van der Waals surface area contributed by atoms with Crippen molar-refractivity contribution in [2.24, 2.45) is 5.73 Å². The van der Waals surface area contributed by atoms with E-state index >= 15 is 0 Å². The van der Waals surface area contributed by atoms with Crippen LogP contribution in [0.1, 0.15) is 35.7 Å². The number of carbonyl (C=O) groups excluding carboxylic acids is 1. The molecule has 0 aliphatic rings. The molecule has 3 rings (SSSR count). The van der Waals surface area contributed by atoms with Gasteiger partial charge < -0.3 is 26.1 Å². The molecule has 11 heteroatoms. The Bertz CT molecular complexity index is 1240. The highest BCUT2D eigenvalue weighted by molar-refractivity contribution is 5.69. The summed E-state index contributed by atoms with van der Waals surface area (Å²) in [6, 6.07) is 5.63. The van der Waals surface area contributed by atoms with Gasteiger partial charge in [-0.3, -0.25) is 4.79 Å². The molecule has 168 valence electrons. The van der Waals surface area contributed by atoms with Crippen molar-refractivity contribution in [3.63, 3.8) is 0 Å². The monoisotopic (exact) mass is 438 g/mol. The fourth-order valence-corrected chi connectivity index (χ4v) is 3.55. The van der Waals surface area contributed by atoms with Crippen molar-refractivity contribution >= 4 is 23.4 Å². The van der Waals surface area contributed by atoms with Gasteiger partial charge >= 0.3 is 6.09 Å². The Hall–Kier alpha value is -4.07. The third kappa shape index (κ3) is 4.64. The van der Waals surface area contributed by atoms with Gasteiger partial charge in [-0.1, -0.05) is 13.0 Å². The van der Waals surface area contributed by atoms with Crippen molar-refractivity contribution in [1.29, 1.82) is 5.26 Å². The number of primary amides is 1. The molecule has 0 spiro atoms. The minimum Gasteiger partial charge on any atom is -0.450 e. The molecule has 0 aliphatic heterocycles. The number of nitrogens with two attached hydrogens (primary N) is 2. The quantitative estimate of drug-likeness (QED) is 0.421. The Balaban J connectivity index is 1.74. The number of amides is 1. The summed E-state index contributed by atoms with van der Waals surface area (Å²) < 4.78 is 7.75. The smallest absolute Gasteiger partial charge is 0.404 e. The van der Waals surface area contributed by atoms with Crippen LogP contribution in [0.4, 0.5) is 16.4 Å². The average molecular weight is 438 g/mol. The number of fused-ring (bicyclic) bond motifs is 1. The molecule has 5 N–H and O–H groups in total. The molecule has 0 aliphatic carbocycles. The number of aromatic nitrogens is 4. The number of pyridine rings is 1. The van der Waals surface area contributed by atoms with E-state index < -0.39 is 6.09 Å². The zero-order valence-electron chi connectivity index (χ0n) is 18.1. The lowest BCUT2D eigenvalue weighted by atomic mass is 10.2. The lowest BCUT2D eigenvalue weighted by molar-refractivity contribution is 0.153.